The Balaban J connectivity index is 2.14. The molecule has 0 saturated carbocycles. The summed E-state index contributed by atoms with van der Waals surface area (Å²) in [6.07, 6.45) is 13.0. The van der Waals surface area contributed by atoms with Gasteiger partial charge in [-0.2, -0.15) is 0 Å². The van der Waals surface area contributed by atoms with Crippen molar-refractivity contribution in [2.75, 3.05) is 0 Å². The Morgan fingerprint density at radius 1 is 0.950 bits per heavy atom. The molecule has 0 aliphatic rings. The molecular formula is C16H28N2O2. The van der Waals surface area contributed by atoms with Crippen LogP contribution in [0.15, 0.2) is 15.8 Å². The number of hydrogen-bond donors (Lipinski definition) is 1. The van der Waals surface area contributed by atoms with E-state index < -0.39 is 0 Å². The Labute approximate surface area is 121 Å². The molecule has 0 atom stereocenters. The van der Waals surface area contributed by atoms with E-state index >= 15 is 0 Å². The van der Waals surface area contributed by atoms with Crippen LogP contribution in [0.2, 0.25) is 0 Å². The Morgan fingerprint density at radius 2 is 1.50 bits per heavy atom. The van der Waals surface area contributed by atoms with Gasteiger partial charge in [0.1, 0.15) is 0 Å². The van der Waals surface area contributed by atoms with Gasteiger partial charge in [-0.25, -0.2) is 4.79 Å². The van der Waals surface area contributed by atoms with E-state index in [1.165, 1.54) is 44.9 Å². The molecule has 114 valence electrons. The van der Waals surface area contributed by atoms with E-state index in [0.717, 1.165) is 12.8 Å². The first kappa shape index (κ1) is 16.7. The van der Waals surface area contributed by atoms with Crippen LogP contribution in [0.25, 0.3) is 0 Å². The molecule has 4 heteroatoms. The highest BCUT2D eigenvalue weighted by Gasteiger charge is 2.00. The van der Waals surface area contributed by atoms with Gasteiger partial charge in [0.05, 0.1) is 0 Å². The summed E-state index contributed by atoms with van der Waals surface area (Å²) in [4.78, 5) is 25.2. The predicted molar refractivity (Wildman–Crippen MR) is 83.3 cm³/mol. The van der Waals surface area contributed by atoms with Crippen molar-refractivity contribution in [3.05, 3.63) is 32.6 Å². The summed E-state index contributed by atoms with van der Waals surface area (Å²) in [6, 6.07) is 0. The molecule has 1 aromatic rings. The molecule has 0 aromatic carbocycles. The van der Waals surface area contributed by atoms with E-state index in [2.05, 4.69) is 11.9 Å². The fraction of sp³-hybridized carbons (Fsp3) is 0.750. The summed E-state index contributed by atoms with van der Waals surface area (Å²) in [7, 11) is 0. The maximum Gasteiger partial charge on any atom is 0.328 e. The summed E-state index contributed by atoms with van der Waals surface area (Å²) in [5.41, 5.74) is 0.0269. The first-order valence-corrected chi connectivity index (χ1v) is 7.95. The lowest BCUT2D eigenvalue weighted by Gasteiger charge is -2.06. The average Bonchev–Trinajstić information content (AvgIpc) is 2.42. The Hall–Kier alpha value is -1.32. The second-order valence-corrected chi connectivity index (χ2v) is 5.59. The summed E-state index contributed by atoms with van der Waals surface area (Å²) >= 11 is 0. The third-order valence-electron chi connectivity index (χ3n) is 3.69. The number of nitrogens with one attached hydrogen (secondary N) is 1. The van der Waals surface area contributed by atoms with Gasteiger partial charge in [-0.3, -0.25) is 9.78 Å². The zero-order valence-corrected chi connectivity index (χ0v) is 12.9. The van der Waals surface area contributed by atoms with Crippen molar-refractivity contribution < 1.29 is 0 Å². The summed E-state index contributed by atoms with van der Waals surface area (Å²) < 4.78 is 1.61. The molecule has 4 nitrogen and oxygen atoms in total. The molecule has 0 radical (unpaired) electrons. The van der Waals surface area contributed by atoms with Gasteiger partial charge in [0.2, 0.25) is 0 Å². The van der Waals surface area contributed by atoms with Crippen molar-refractivity contribution in [3.63, 3.8) is 0 Å². The maximum absolute atomic E-state index is 11.6. The molecule has 20 heavy (non-hydrogen) atoms. The van der Waals surface area contributed by atoms with Crippen LogP contribution in [-0.4, -0.2) is 9.55 Å². The van der Waals surface area contributed by atoms with Crippen molar-refractivity contribution in [2.24, 2.45) is 0 Å². The molecular weight excluding hydrogens is 252 g/mol. The van der Waals surface area contributed by atoms with Gasteiger partial charge in [0.25, 0.3) is 5.56 Å². The van der Waals surface area contributed by atoms with E-state index in [1.807, 2.05) is 0 Å². The van der Waals surface area contributed by atoms with Crippen LogP contribution in [0, 0.1) is 6.92 Å². The minimum absolute atomic E-state index is 0.279. The lowest BCUT2D eigenvalue weighted by Crippen LogP contribution is -2.30. The van der Waals surface area contributed by atoms with Gasteiger partial charge < -0.3 is 4.57 Å². The molecule has 1 heterocycles. The highest BCUT2D eigenvalue weighted by Crippen LogP contribution is 2.09. The summed E-state index contributed by atoms with van der Waals surface area (Å²) in [6.45, 7) is 4.66. The predicted octanol–water partition coefficient (Wildman–Crippen LogP) is 3.38. The van der Waals surface area contributed by atoms with Gasteiger partial charge in [0, 0.05) is 18.3 Å². The number of rotatable bonds is 10. The second-order valence-electron chi connectivity index (χ2n) is 5.59. The van der Waals surface area contributed by atoms with Crippen LogP contribution in [0.3, 0.4) is 0 Å². The van der Waals surface area contributed by atoms with Gasteiger partial charge >= 0.3 is 5.69 Å². The largest absolute Gasteiger partial charge is 0.328 e. The molecule has 0 bridgehead atoms. The van der Waals surface area contributed by atoms with Crippen LogP contribution in [0.5, 0.6) is 0 Å². The first-order valence-electron chi connectivity index (χ1n) is 7.95. The molecule has 0 amide bonds. The van der Waals surface area contributed by atoms with E-state index in [-0.39, 0.29) is 11.2 Å². The highest BCUT2D eigenvalue weighted by molar-refractivity contribution is 5.00. The molecule has 1 N–H and O–H groups in total. The van der Waals surface area contributed by atoms with Crippen LogP contribution < -0.4 is 11.2 Å². The number of aromatic nitrogens is 2. The van der Waals surface area contributed by atoms with Crippen molar-refractivity contribution in [2.45, 2.75) is 78.2 Å². The molecule has 0 fully saturated rings. The minimum atomic E-state index is -0.292. The molecule has 0 unspecified atom stereocenters. The number of unbranched alkanes of at least 4 members (excludes halogenated alkanes) is 8. The summed E-state index contributed by atoms with van der Waals surface area (Å²) in [5, 5.41) is 0. The minimum Gasteiger partial charge on any atom is -0.300 e. The molecule has 0 saturated heterocycles. The second kappa shape index (κ2) is 9.56. The van der Waals surface area contributed by atoms with Crippen molar-refractivity contribution in [3.8, 4) is 0 Å². The quantitative estimate of drug-likeness (QED) is 0.668. The maximum atomic E-state index is 11.6. The Morgan fingerprint density at radius 3 is 2.10 bits per heavy atom. The average molecular weight is 280 g/mol. The van der Waals surface area contributed by atoms with E-state index in [0.29, 0.717) is 12.1 Å². The third-order valence-corrected chi connectivity index (χ3v) is 3.69. The fourth-order valence-electron chi connectivity index (χ4n) is 2.38. The van der Waals surface area contributed by atoms with E-state index in [4.69, 9.17) is 0 Å². The molecule has 1 aromatic heterocycles. The molecule has 1 rings (SSSR count). The topological polar surface area (TPSA) is 54.9 Å². The van der Waals surface area contributed by atoms with Gasteiger partial charge in [-0.1, -0.05) is 58.3 Å². The standard InChI is InChI=1S/C16H28N2O2/c1-3-4-5-6-7-8-9-10-11-12-18-13-14(2)15(19)17-16(18)20/h13H,3-12H2,1-2H3,(H,17,19,20). The Kier molecular flexibility index (Phi) is 8.00. The lowest BCUT2D eigenvalue weighted by molar-refractivity contribution is 0.528. The fourth-order valence-corrected chi connectivity index (χ4v) is 2.38. The zero-order chi connectivity index (χ0) is 14.8. The van der Waals surface area contributed by atoms with E-state index in [1.54, 1.807) is 17.7 Å². The number of H-pyrrole nitrogens is 1. The smallest absolute Gasteiger partial charge is 0.300 e. The van der Waals surface area contributed by atoms with E-state index in [9.17, 15) is 9.59 Å². The highest BCUT2D eigenvalue weighted by atomic mass is 16.2. The monoisotopic (exact) mass is 280 g/mol. The van der Waals surface area contributed by atoms with Gasteiger partial charge in [0.15, 0.2) is 0 Å². The summed E-state index contributed by atoms with van der Waals surface area (Å²) in [5.74, 6) is 0. The van der Waals surface area contributed by atoms with Crippen LogP contribution >= 0.6 is 0 Å². The number of nitrogens with zero attached hydrogens (tertiary/aromatic N) is 1. The Bertz CT molecular complexity index is 488. The number of aromatic amines is 1. The molecule has 0 spiro atoms. The van der Waals surface area contributed by atoms with Crippen LogP contribution in [-0.2, 0) is 6.54 Å². The van der Waals surface area contributed by atoms with Crippen molar-refractivity contribution in [1.29, 1.82) is 0 Å². The first-order chi connectivity index (χ1) is 9.65. The SMILES string of the molecule is CCCCCCCCCCCn1cc(C)c(=O)[nH]c1=O. The normalized spacial score (nSPS) is 10.9. The van der Waals surface area contributed by atoms with Crippen LogP contribution in [0.1, 0.15) is 70.3 Å². The van der Waals surface area contributed by atoms with Gasteiger partial charge in [-0.15, -0.1) is 0 Å². The molecule has 0 aliphatic heterocycles. The lowest BCUT2D eigenvalue weighted by atomic mass is 10.1. The number of hydrogen-bond acceptors (Lipinski definition) is 2. The van der Waals surface area contributed by atoms with Crippen molar-refractivity contribution in [1.82, 2.24) is 9.55 Å². The van der Waals surface area contributed by atoms with Gasteiger partial charge in [-0.05, 0) is 13.3 Å². The van der Waals surface area contributed by atoms with Crippen molar-refractivity contribution >= 4 is 0 Å². The molecule has 0 aliphatic carbocycles. The third kappa shape index (κ3) is 6.22. The number of aryl methyl sites for hydroxylation is 2. The van der Waals surface area contributed by atoms with Crippen LogP contribution in [0.4, 0.5) is 0 Å². The zero-order valence-electron chi connectivity index (χ0n) is 12.9.